The lowest BCUT2D eigenvalue weighted by molar-refractivity contribution is -0.227. The maximum Gasteiger partial charge on any atom is 0.255 e. The first-order valence-electron chi connectivity index (χ1n) is 7.52. The molecule has 1 aliphatic carbocycles. The van der Waals surface area contributed by atoms with Gasteiger partial charge in [0.2, 0.25) is 0 Å². The molecular formula is C14H25N3O3. The fourth-order valence-electron chi connectivity index (χ4n) is 3.95. The Kier molecular flexibility index (Phi) is 3.52. The molecule has 3 aliphatic rings. The number of hydrazine groups is 1. The van der Waals surface area contributed by atoms with E-state index in [-0.39, 0.29) is 23.3 Å². The molecule has 0 bridgehead atoms. The van der Waals surface area contributed by atoms with Crippen molar-refractivity contribution < 1.29 is 14.3 Å². The molecule has 2 aliphatic heterocycles. The van der Waals surface area contributed by atoms with E-state index >= 15 is 0 Å². The molecule has 0 radical (unpaired) electrons. The summed E-state index contributed by atoms with van der Waals surface area (Å²) in [7, 11) is 0. The van der Waals surface area contributed by atoms with Gasteiger partial charge in [-0.15, -0.1) is 0 Å². The van der Waals surface area contributed by atoms with Gasteiger partial charge in [-0.3, -0.25) is 10.2 Å². The molecule has 0 aromatic rings. The molecule has 114 valence electrons. The van der Waals surface area contributed by atoms with Crippen LogP contribution in [0, 0.1) is 11.3 Å². The second-order valence-corrected chi connectivity index (χ2v) is 6.67. The summed E-state index contributed by atoms with van der Waals surface area (Å²) in [5, 5.41) is 1.91. The molecule has 6 nitrogen and oxygen atoms in total. The van der Waals surface area contributed by atoms with Gasteiger partial charge in [-0.25, -0.2) is 5.01 Å². The first-order valence-corrected chi connectivity index (χ1v) is 7.52. The highest BCUT2D eigenvalue weighted by Gasteiger charge is 2.70. The molecule has 1 amide bonds. The minimum atomic E-state index is -0.837. The minimum Gasteiger partial charge on any atom is -0.379 e. The Hall–Kier alpha value is -0.690. The Labute approximate surface area is 119 Å². The monoisotopic (exact) mass is 283 g/mol. The lowest BCUT2D eigenvalue weighted by atomic mass is 9.46. The fraction of sp³-hybridized carbons (Fsp3) is 0.929. The van der Waals surface area contributed by atoms with Gasteiger partial charge in [0, 0.05) is 31.0 Å². The van der Waals surface area contributed by atoms with Gasteiger partial charge in [0.15, 0.2) is 0 Å². The van der Waals surface area contributed by atoms with Gasteiger partial charge in [0.1, 0.15) is 5.54 Å². The van der Waals surface area contributed by atoms with Crippen molar-refractivity contribution in [2.75, 3.05) is 32.9 Å². The van der Waals surface area contributed by atoms with Crippen molar-refractivity contribution in [1.82, 2.24) is 10.4 Å². The van der Waals surface area contributed by atoms with Crippen molar-refractivity contribution in [3.8, 4) is 0 Å². The zero-order chi connectivity index (χ0) is 14.4. The predicted octanol–water partition coefficient (Wildman–Crippen LogP) is -0.118. The zero-order valence-electron chi connectivity index (χ0n) is 12.4. The van der Waals surface area contributed by atoms with E-state index in [1.54, 1.807) is 0 Å². The molecule has 6 heteroatoms. The normalized spacial score (nSPS) is 40.5. The Bertz CT molecular complexity index is 395. The van der Waals surface area contributed by atoms with Crippen molar-refractivity contribution in [3.05, 3.63) is 0 Å². The molecule has 20 heavy (non-hydrogen) atoms. The fourth-order valence-corrected chi connectivity index (χ4v) is 3.95. The molecule has 3 fully saturated rings. The molecule has 0 spiro atoms. The van der Waals surface area contributed by atoms with E-state index in [9.17, 15) is 4.79 Å². The summed E-state index contributed by atoms with van der Waals surface area (Å²) in [6.45, 7) is 7.59. The van der Waals surface area contributed by atoms with Crippen LogP contribution in [-0.2, 0) is 14.3 Å². The summed E-state index contributed by atoms with van der Waals surface area (Å²) >= 11 is 0. The number of nitrogens with two attached hydrogens (primary N) is 1. The Morgan fingerprint density at radius 1 is 1.30 bits per heavy atom. The van der Waals surface area contributed by atoms with Crippen LogP contribution in [0.5, 0.6) is 0 Å². The first kappa shape index (κ1) is 14.3. The van der Waals surface area contributed by atoms with E-state index in [1.807, 2.05) is 18.9 Å². The number of nitrogens with zero attached hydrogens (tertiary/aromatic N) is 1. The Morgan fingerprint density at radius 2 is 2.00 bits per heavy atom. The number of rotatable bonds is 2. The quantitative estimate of drug-likeness (QED) is 0.739. The largest absolute Gasteiger partial charge is 0.379 e. The Balaban J connectivity index is 1.71. The van der Waals surface area contributed by atoms with Crippen molar-refractivity contribution in [2.45, 2.75) is 38.3 Å². The van der Waals surface area contributed by atoms with E-state index in [0.29, 0.717) is 26.3 Å². The molecular weight excluding hydrogens is 258 g/mol. The SMILES string of the molecule is CC1(C)C2OCCCC2C1(N)C(=O)NN1CCOCC1. The molecule has 3 atom stereocenters. The summed E-state index contributed by atoms with van der Waals surface area (Å²) < 4.78 is 11.1. The van der Waals surface area contributed by atoms with Crippen LogP contribution in [0.4, 0.5) is 0 Å². The van der Waals surface area contributed by atoms with E-state index in [4.69, 9.17) is 15.2 Å². The molecule has 0 aromatic heterocycles. The third-order valence-corrected chi connectivity index (χ3v) is 5.33. The van der Waals surface area contributed by atoms with Crippen LogP contribution in [-0.4, -0.2) is 55.5 Å². The van der Waals surface area contributed by atoms with Crippen molar-refractivity contribution >= 4 is 5.91 Å². The molecule has 0 aromatic carbocycles. The highest BCUT2D eigenvalue weighted by molar-refractivity contribution is 5.89. The van der Waals surface area contributed by atoms with Gasteiger partial charge < -0.3 is 15.2 Å². The smallest absolute Gasteiger partial charge is 0.255 e. The van der Waals surface area contributed by atoms with Crippen molar-refractivity contribution in [3.63, 3.8) is 0 Å². The third kappa shape index (κ3) is 1.89. The van der Waals surface area contributed by atoms with Gasteiger partial charge in [0.05, 0.1) is 19.3 Å². The summed E-state index contributed by atoms with van der Waals surface area (Å²) in [5.74, 6) is 0.0587. The van der Waals surface area contributed by atoms with Crippen LogP contribution in [0.2, 0.25) is 0 Å². The van der Waals surface area contributed by atoms with Gasteiger partial charge in [-0.05, 0) is 12.8 Å². The van der Waals surface area contributed by atoms with Gasteiger partial charge in [-0.1, -0.05) is 13.8 Å². The zero-order valence-corrected chi connectivity index (χ0v) is 12.4. The van der Waals surface area contributed by atoms with Crippen molar-refractivity contribution in [1.29, 1.82) is 0 Å². The van der Waals surface area contributed by atoms with Gasteiger partial charge >= 0.3 is 0 Å². The number of hydrogen-bond donors (Lipinski definition) is 2. The molecule has 1 saturated carbocycles. The standard InChI is InChI=1S/C14H25N3O3/c1-13(2)11-10(4-3-7-20-11)14(13,15)12(18)16-17-5-8-19-9-6-17/h10-11H,3-9,15H2,1-2H3,(H,16,18). The van der Waals surface area contributed by atoms with E-state index in [2.05, 4.69) is 5.43 Å². The lowest BCUT2D eigenvalue weighted by Gasteiger charge is -2.65. The van der Waals surface area contributed by atoms with Gasteiger partial charge in [-0.2, -0.15) is 0 Å². The maximum atomic E-state index is 12.7. The average Bonchev–Trinajstić information content (AvgIpc) is 2.47. The molecule has 3 rings (SSSR count). The second-order valence-electron chi connectivity index (χ2n) is 6.67. The summed E-state index contributed by atoms with van der Waals surface area (Å²) in [5.41, 5.74) is 8.37. The summed E-state index contributed by atoms with van der Waals surface area (Å²) in [6.07, 6.45) is 2.07. The highest BCUT2D eigenvalue weighted by atomic mass is 16.5. The molecule has 2 heterocycles. The highest BCUT2D eigenvalue weighted by Crippen LogP contribution is 2.57. The van der Waals surface area contributed by atoms with E-state index < -0.39 is 5.54 Å². The van der Waals surface area contributed by atoms with E-state index in [0.717, 1.165) is 19.4 Å². The number of ether oxygens (including phenoxy) is 2. The van der Waals surface area contributed by atoms with Crippen LogP contribution in [0.1, 0.15) is 26.7 Å². The number of fused-ring (bicyclic) bond motifs is 1. The number of carbonyl (C=O) groups is 1. The first-order chi connectivity index (χ1) is 9.48. The summed E-state index contributed by atoms with van der Waals surface area (Å²) in [4.78, 5) is 12.7. The predicted molar refractivity (Wildman–Crippen MR) is 73.7 cm³/mol. The number of hydrogen-bond acceptors (Lipinski definition) is 5. The van der Waals surface area contributed by atoms with Crippen molar-refractivity contribution in [2.24, 2.45) is 17.1 Å². The van der Waals surface area contributed by atoms with Crippen LogP contribution in [0.15, 0.2) is 0 Å². The Morgan fingerprint density at radius 3 is 2.70 bits per heavy atom. The third-order valence-electron chi connectivity index (χ3n) is 5.33. The minimum absolute atomic E-state index is 0.0730. The average molecular weight is 283 g/mol. The van der Waals surface area contributed by atoms with Gasteiger partial charge in [0.25, 0.3) is 5.91 Å². The lowest BCUT2D eigenvalue weighted by Crippen LogP contribution is -2.83. The van der Waals surface area contributed by atoms with E-state index in [1.165, 1.54) is 0 Å². The van der Waals surface area contributed by atoms with Crippen LogP contribution in [0.25, 0.3) is 0 Å². The van der Waals surface area contributed by atoms with Crippen LogP contribution in [0.3, 0.4) is 0 Å². The number of nitrogens with one attached hydrogen (secondary N) is 1. The molecule has 3 unspecified atom stereocenters. The molecule has 3 N–H and O–H groups in total. The number of carbonyl (C=O) groups excluding carboxylic acids is 1. The van der Waals surface area contributed by atoms with Crippen LogP contribution >= 0.6 is 0 Å². The topological polar surface area (TPSA) is 76.8 Å². The number of morpholine rings is 1. The van der Waals surface area contributed by atoms with Crippen LogP contribution < -0.4 is 11.2 Å². The molecule has 2 saturated heterocycles. The second kappa shape index (κ2) is 4.94. The number of amides is 1. The summed E-state index contributed by atoms with van der Waals surface area (Å²) in [6, 6.07) is 0. The maximum absolute atomic E-state index is 12.7.